The van der Waals surface area contributed by atoms with E-state index < -0.39 is 0 Å². The number of aromatic nitrogens is 2. The number of rotatable bonds is 2. The average Bonchev–Trinajstić information content (AvgIpc) is 2.37. The van der Waals surface area contributed by atoms with E-state index in [1.165, 1.54) is 6.20 Å². The van der Waals surface area contributed by atoms with Gasteiger partial charge in [-0.25, -0.2) is 0 Å². The highest BCUT2D eigenvalue weighted by Crippen LogP contribution is 1.98. The smallest absolute Gasteiger partial charge is 0.0605 e. The van der Waals surface area contributed by atoms with Crippen molar-refractivity contribution in [1.29, 1.82) is 0 Å². The summed E-state index contributed by atoms with van der Waals surface area (Å²) < 4.78 is 1.68. The van der Waals surface area contributed by atoms with Gasteiger partial charge < -0.3 is 0 Å². The summed E-state index contributed by atoms with van der Waals surface area (Å²) in [7, 11) is 1.82. The van der Waals surface area contributed by atoms with Crippen LogP contribution in [0, 0.1) is 0 Å². The van der Waals surface area contributed by atoms with Gasteiger partial charge in [0.05, 0.1) is 5.69 Å². The molecular weight excluding hydrogens is 142 g/mol. The quantitative estimate of drug-likeness (QED) is 0.358. The largest absolute Gasteiger partial charge is 0.269 e. The van der Waals surface area contributed by atoms with Crippen LogP contribution < -0.4 is 0 Å². The van der Waals surface area contributed by atoms with Crippen molar-refractivity contribution in [2.75, 3.05) is 0 Å². The molecule has 0 radical (unpaired) electrons. The summed E-state index contributed by atoms with van der Waals surface area (Å²) >= 11 is 0. The van der Waals surface area contributed by atoms with Crippen LogP contribution in [0.1, 0.15) is 5.69 Å². The highest BCUT2D eigenvalue weighted by molar-refractivity contribution is 5.43. The third-order valence-corrected chi connectivity index (χ3v) is 1.22. The minimum absolute atomic E-state index is 0.900. The van der Waals surface area contributed by atoms with Gasteiger partial charge in [-0.15, -0.1) is 0 Å². The van der Waals surface area contributed by atoms with Gasteiger partial charge in [0.1, 0.15) is 0 Å². The van der Waals surface area contributed by atoms with Crippen LogP contribution in [0.15, 0.2) is 23.6 Å². The monoisotopic (exact) mass is 149 g/mol. The average molecular weight is 149 g/mol. The van der Waals surface area contributed by atoms with E-state index in [0.29, 0.717) is 0 Å². The van der Waals surface area contributed by atoms with Crippen molar-refractivity contribution in [3.63, 3.8) is 0 Å². The van der Waals surface area contributed by atoms with Gasteiger partial charge >= 0.3 is 0 Å². The molecule has 5 nitrogen and oxygen atoms in total. The SMILES string of the molecule is Cn1nccc1/C=C/N=[N+]=[N-]. The lowest BCUT2D eigenvalue weighted by Crippen LogP contribution is -1.91. The van der Waals surface area contributed by atoms with E-state index in [9.17, 15) is 0 Å². The topological polar surface area (TPSA) is 66.6 Å². The maximum atomic E-state index is 7.95. The van der Waals surface area contributed by atoms with Gasteiger partial charge in [-0.05, 0) is 17.7 Å². The Labute approximate surface area is 63.6 Å². The van der Waals surface area contributed by atoms with E-state index in [1.54, 1.807) is 17.0 Å². The summed E-state index contributed by atoms with van der Waals surface area (Å²) in [4.78, 5) is 2.57. The lowest BCUT2D eigenvalue weighted by molar-refractivity contribution is 0.759. The van der Waals surface area contributed by atoms with Gasteiger partial charge in [0.15, 0.2) is 0 Å². The molecule has 56 valence electrons. The molecule has 0 bridgehead atoms. The van der Waals surface area contributed by atoms with Gasteiger partial charge in [-0.2, -0.15) is 5.10 Å². The minimum atomic E-state index is 0.900. The molecule has 0 spiro atoms. The molecule has 0 fully saturated rings. The van der Waals surface area contributed by atoms with E-state index in [0.717, 1.165) is 5.69 Å². The zero-order chi connectivity index (χ0) is 8.10. The van der Waals surface area contributed by atoms with Gasteiger partial charge in [-0.1, -0.05) is 5.11 Å². The minimum Gasteiger partial charge on any atom is -0.269 e. The predicted octanol–water partition coefficient (Wildman–Crippen LogP) is 1.70. The molecule has 1 heterocycles. The van der Waals surface area contributed by atoms with Crippen molar-refractivity contribution in [2.24, 2.45) is 12.2 Å². The molecule has 5 heteroatoms. The summed E-state index contributed by atoms with van der Waals surface area (Å²) in [6.45, 7) is 0. The third-order valence-electron chi connectivity index (χ3n) is 1.22. The van der Waals surface area contributed by atoms with Crippen molar-refractivity contribution in [2.45, 2.75) is 0 Å². The second-order valence-electron chi connectivity index (χ2n) is 1.90. The highest BCUT2D eigenvalue weighted by Gasteiger charge is 1.88. The zero-order valence-corrected chi connectivity index (χ0v) is 6.05. The van der Waals surface area contributed by atoms with Crippen LogP contribution in [0.4, 0.5) is 0 Å². The van der Waals surface area contributed by atoms with Crippen LogP contribution in [-0.4, -0.2) is 9.78 Å². The molecule has 0 unspecified atom stereocenters. The van der Waals surface area contributed by atoms with Crippen LogP contribution in [-0.2, 0) is 7.05 Å². The number of hydrogen-bond donors (Lipinski definition) is 0. The van der Waals surface area contributed by atoms with Gasteiger partial charge in [-0.3, -0.25) is 4.68 Å². The predicted molar refractivity (Wildman–Crippen MR) is 41.4 cm³/mol. The first-order valence-corrected chi connectivity index (χ1v) is 3.03. The lowest BCUT2D eigenvalue weighted by Gasteiger charge is -1.90. The molecular formula is C6H7N5. The Morgan fingerprint density at radius 2 is 2.64 bits per heavy atom. The van der Waals surface area contributed by atoms with Crippen LogP contribution in [0.3, 0.4) is 0 Å². The van der Waals surface area contributed by atoms with E-state index in [2.05, 4.69) is 15.1 Å². The first-order chi connectivity index (χ1) is 5.34. The molecule has 11 heavy (non-hydrogen) atoms. The summed E-state index contributed by atoms with van der Waals surface area (Å²) in [5.74, 6) is 0. The van der Waals surface area contributed by atoms with E-state index in [-0.39, 0.29) is 0 Å². The molecule has 0 aromatic carbocycles. The van der Waals surface area contributed by atoms with Crippen molar-refractivity contribution in [3.05, 3.63) is 34.6 Å². The second-order valence-corrected chi connectivity index (χ2v) is 1.90. The Hall–Kier alpha value is -1.74. The summed E-state index contributed by atoms with van der Waals surface area (Å²) in [6.07, 6.45) is 4.75. The molecule has 1 rings (SSSR count). The molecule has 0 aliphatic carbocycles. The molecule has 0 saturated heterocycles. The van der Waals surface area contributed by atoms with Crippen LogP contribution in [0.2, 0.25) is 0 Å². The van der Waals surface area contributed by atoms with Crippen LogP contribution >= 0.6 is 0 Å². The molecule has 0 aliphatic heterocycles. The number of azide groups is 1. The molecule has 1 aromatic rings. The summed E-state index contributed by atoms with van der Waals surface area (Å²) in [5.41, 5.74) is 8.85. The summed E-state index contributed by atoms with van der Waals surface area (Å²) in [6, 6.07) is 1.82. The lowest BCUT2D eigenvalue weighted by atomic mass is 10.4. The summed E-state index contributed by atoms with van der Waals surface area (Å²) in [5, 5.41) is 7.17. The molecule has 0 N–H and O–H groups in total. The Balaban J connectivity index is 2.78. The Kier molecular flexibility index (Phi) is 2.30. The van der Waals surface area contributed by atoms with Gasteiger partial charge in [0, 0.05) is 24.4 Å². The maximum Gasteiger partial charge on any atom is 0.0605 e. The van der Waals surface area contributed by atoms with Crippen molar-refractivity contribution in [3.8, 4) is 0 Å². The van der Waals surface area contributed by atoms with Crippen molar-refractivity contribution >= 4 is 6.08 Å². The highest BCUT2D eigenvalue weighted by atomic mass is 15.2. The molecule has 0 atom stereocenters. The Bertz CT molecular complexity index is 305. The third kappa shape index (κ3) is 1.84. The number of aryl methyl sites for hydroxylation is 1. The molecule has 1 aromatic heterocycles. The number of hydrogen-bond acceptors (Lipinski definition) is 2. The Morgan fingerprint density at radius 1 is 1.82 bits per heavy atom. The fourth-order valence-electron chi connectivity index (χ4n) is 0.687. The maximum absolute atomic E-state index is 7.95. The Morgan fingerprint density at radius 3 is 3.18 bits per heavy atom. The first kappa shape index (κ1) is 7.37. The van der Waals surface area contributed by atoms with Crippen molar-refractivity contribution < 1.29 is 0 Å². The fourth-order valence-corrected chi connectivity index (χ4v) is 0.687. The van der Waals surface area contributed by atoms with E-state index in [4.69, 9.17) is 5.53 Å². The first-order valence-electron chi connectivity index (χ1n) is 3.03. The standard InChI is InChI=1S/C6H7N5/c1-11-6(3-5-9-11)2-4-8-10-7/h2-5H,1H3/b4-2+. The van der Waals surface area contributed by atoms with E-state index >= 15 is 0 Å². The van der Waals surface area contributed by atoms with Gasteiger partial charge in [0.2, 0.25) is 0 Å². The number of nitrogens with zero attached hydrogens (tertiary/aromatic N) is 5. The normalized spacial score (nSPS) is 9.91. The second kappa shape index (κ2) is 3.43. The fraction of sp³-hybridized carbons (Fsp3) is 0.167. The molecule has 0 saturated carbocycles. The van der Waals surface area contributed by atoms with E-state index in [1.807, 2.05) is 13.1 Å². The van der Waals surface area contributed by atoms with Crippen LogP contribution in [0.25, 0.3) is 16.5 Å². The zero-order valence-electron chi connectivity index (χ0n) is 6.05. The molecule has 0 aliphatic rings. The molecule has 0 amide bonds. The van der Waals surface area contributed by atoms with Crippen molar-refractivity contribution in [1.82, 2.24) is 9.78 Å². The van der Waals surface area contributed by atoms with Crippen LogP contribution in [0.5, 0.6) is 0 Å². The van der Waals surface area contributed by atoms with Gasteiger partial charge in [0.25, 0.3) is 0 Å².